The molecule has 2 aromatic heterocycles. The molecule has 0 aliphatic heterocycles. The van der Waals surface area contributed by atoms with Crippen LogP contribution in [0.1, 0.15) is 5.56 Å². The Morgan fingerprint density at radius 3 is 2.47 bits per heavy atom. The van der Waals surface area contributed by atoms with Gasteiger partial charge < -0.3 is 24.5 Å². The van der Waals surface area contributed by atoms with Gasteiger partial charge in [-0.3, -0.25) is 4.57 Å². The third kappa shape index (κ3) is 3.98. The number of nitrogens with one attached hydrogen (secondary N) is 2. The lowest BCUT2D eigenvalue weighted by Crippen LogP contribution is -2.18. The first-order valence-electron chi connectivity index (χ1n) is 9.42. The minimum Gasteiger partial charge on any atom is -0.493 e. The first-order chi connectivity index (χ1) is 15.5. The van der Waals surface area contributed by atoms with Crippen molar-refractivity contribution in [3.8, 4) is 17.2 Å². The summed E-state index contributed by atoms with van der Waals surface area (Å²) in [6.07, 6.45) is 0. The molecule has 166 valence electrons. The van der Waals surface area contributed by atoms with Crippen LogP contribution < -0.4 is 25.2 Å². The van der Waals surface area contributed by atoms with Gasteiger partial charge in [0.25, 0.3) is 0 Å². The molecule has 0 unspecified atom stereocenters. The second-order valence-electron chi connectivity index (χ2n) is 6.66. The Balaban J connectivity index is 1.82. The molecule has 0 saturated heterocycles. The molecule has 0 bridgehead atoms. The molecule has 32 heavy (non-hydrogen) atoms. The second kappa shape index (κ2) is 9.09. The van der Waals surface area contributed by atoms with E-state index in [1.807, 2.05) is 30.3 Å². The van der Waals surface area contributed by atoms with Crippen LogP contribution in [-0.2, 0) is 6.54 Å². The van der Waals surface area contributed by atoms with Crippen molar-refractivity contribution in [3.05, 3.63) is 62.1 Å². The van der Waals surface area contributed by atoms with Gasteiger partial charge in [0.15, 0.2) is 22.3 Å². The Labute approximate surface area is 196 Å². The van der Waals surface area contributed by atoms with Crippen LogP contribution in [0.25, 0.3) is 11.2 Å². The van der Waals surface area contributed by atoms with E-state index in [9.17, 15) is 4.79 Å². The number of ether oxygens (including phenoxy) is 3. The molecule has 0 aliphatic rings. The summed E-state index contributed by atoms with van der Waals surface area (Å²) in [5.74, 6) is 1.63. The predicted molar refractivity (Wildman–Crippen MR) is 126 cm³/mol. The molecule has 0 spiro atoms. The van der Waals surface area contributed by atoms with Crippen LogP contribution in [0.4, 0.5) is 11.6 Å². The number of anilines is 2. The molecule has 0 saturated carbocycles. The lowest BCUT2D eigenvalue weighted by molar-refractivity contribution is 0.322. The monoisotopic (exact) mass is 519 g/mol. The number of halogens is 2. The Hall–Kier alpha value is -3.24. The molecular formula is C21H19BrClN5O4. The zero-order valence-electron chi connectivity index (χ0n) is 17.4. The van der Waals surface area contributed by atoms with E-state index in [0.717, 1.165) is 11.3 Å². The van der Waals surface area contributed by atoms with Gasteiger partial charge in [0.2, 0.25) is 11.7 Å². The Morgan fingerprint density at radius 2 is 1.81 bits per heavy atom. The van der Waals surface area contributed by atoms with Gasteiger partial charge in [-0.15, -0.1) is 0 Å². The van der Waals surface area contributed by atoms with E-state index >= 15 is 0 Å². The highest BCUT2D eigenvalue weighted by molar-refractivity contribution is 9.10. The smallest absolute Gasteiger partial charge is 0.328 e. The SMILES string of the molecule is COc1cc(Cn2c(=O)[nH]c3c(Cl)nc(Nc4ccccc4)nc32)c(Br)c(OC)c1OC. The van der Waals surface area contributed by atoms with Crippen LogP contribution >= 0.6 is 27.5 Å². The summed E-state index contributed by atoms with van der Waals surface area (Å²) in [6.45, 7) is 0.161. The number of aromatic nitrogens is 4. The van der Waals surface area contributed by atoms with E-state index in [4.69, 9.17) is 25.8 Å². The molecule has 0 atom stereocenters. The summed E-state index contributed by atoms with van der Waals surface area (Å²) < 4.78 is 18.4. The Bertz CT molecular complexity index is 1340. The van der Waals surface area contributed by atoms with Crippen LogP contribution in [0.2, 0.25) is 5.15 Å². The number of methoxy groups -OCH3 is 3. The van der Waals surface area contributed by atoms with Crippen LogP contribution in [0.3, 0.4) is 0 Å². The quantitative estimate of drug-likeness (QED) is 0.349. The highest BCUT2D eigenvalue weighted by Gasteiger charge is 2.21. The maximum absolute atomic E-state index is 12.8. The fraction of sp³-hybridized carbons (Fsp3) is 0.190. The van der Waals surface area contributed by atoms with E-state index in [-0.39, 0.29) is 23.3 Å². The largest absolute Gasteiger partial charge is 0.493 e. The third-order valence-corrected chi connectivity index (χ3v) is 5.92. The summed E-state index contributed by atoms with van der Waals surface area (Å²) in [4.78, 5) is 24.3. The van der Waals surface area contributed by atoms with E-state index in [1.54, 1.807) is 6.07 Å². The molecule has 2 heterocycles. The number of fused-ring (bicyclic) bond motifs is 1. The van der Waals surface area contributed by atoms with Crippen molar-refractivity contribution in [3.63, 3.8) is 0 Å². The van der Waals surface area contributed by atoms with E-state index in [1.165, 1.54) is 25.9 Å². The van der Waals surface area contributed by atoms with Crippen molar-refractivity contribution >= 4 is 50.3 Å². The molecule has 4 rings (SSSR count). The number of H-pyrrole nitrogens is 1. The van der Waals surface area contributed by atoms with Gasteiger partial charge in [-0.1, -0.05) is 29.8 Å². The fourth-order valence-electron chi connectivity index (χ4n) is 3.31. The summed E-state index contributed by atoms with van der Waals surface area (Å²) in [5, 5.41) is 3.23. The van der Waals surface area contributed by atoms with E-state index in [2.05, 4.69) is 36.2 Å². The summed E-state index contributed by atoms with van der Waals surface area (Å²) >= 11 is 9.89. The molecule has 0 aliphatic carbocycles. The molecule has 0 fully saturated rings. The lowest BCUT2D eigenvalue weighted by Gasteiger charge is -2.17. The molecule has 2 aromatic carbocycles. The number of nitrogens with zero attached hydrogens (tertiary/aromatic N) is 3. The van der Waals surface area contributed by atoms with E-state index in [0.29, 0.717) is 32.9 Å². The second-order valence-corrected chi connectivity index (χ2v) is 7.81. The van der Waals surface area contributed by atoms with Crippen LogP contribution in [0.15, 0.2) is 45.7 Å². The topological polar surface area (TPSA) is 103 Å². The third-order valence-electron chi connectivity index (χ3n) is 4.78. The van der Waals surface area contributed by atoms with Crippen molar-refractivity contribution in [1.82, 2.24) is 19.5 Å². The van der Waals surface area contributed by atoms with Gasteiger partial charge in [0.1, 0.15) is 5.52 Å². The summed E-state index contributed by atoms with van der Waals surface area (Å²) in [5.41, 5.74) is 1.83. The average molecular weight is 521 g/mol. The number of hydrogen-bond donors (Lipinski definition) is 2. The highest BCUT2D eigenvalue weighted by atomic mass is 79.9. The normalized spacial score (nSPS) is 10.9. The Morgan fingerprint density at radius 1 is 1.09 bits per heavy atom. The van der Waals surface area contributed by atoms with Crippen molar-refractivity contribution in [1.29, 1.82) is 0 Å². The maximum Gasteiger partial charge on any atom is 0.328 e. The highest BCUT2D eigenvalue weighted by Crippen LogP contribution is 2.45. The van der Waals surface area contributed by atoms with Crippen LogP contribution in [-0.4, -0.2) is 40.8 Å². The first-order valence-corrected chi connectivity index (χ1v) is 10.6. The standard InChI is InChI=1S/C21H19BrClN5O4/c1-30-13-9-11(14(22)17(32-3)16(13)31-2)10-28-19-15(25-21(28)29)18(23)26-20(27-19)24-12-7-5-4-6-8-12/h4-9H,10H2,1-3H3,(H,25,29)(H,24,26,27). The van der Waals surface area contributed by atoms with Gasteiger partial charge in [-0.2, -0.15) is 9.97 Å². The number of rotatable bonds is 7. The number of hydrogen-bond acceptors (Lipinski definition) is 7. The lowest BCUT2D eigenvalue weighted by atomic mass is 10.1. The van der Waals surface area contributed by atoms with E-state index < -0.39 is 0 Å². The molecule has 0 amide bonds. The molecule has 4 aromatic rings. The van der Waals surface area contributed by atoms with Crippen molar-refractivity contribution in [2.24, 2.45) is 0 Å². The number of imidazole rings is 1. The fourth-order valence-corrected chi connectivity index (χ4v) is 4.10. The predicted octanol–water partition coefficient (Wildman–Crippen LogP) is 4.35. The van der Waals surface area contributed by atoms with Gasteiger partial charge in [0, 0.05) is 5.69 Å². The first kappa shape index (κ1) is 22.0. The average Bonchev–Trinajstić information content (AvgIpc) is 3.11. The number of aromatic amines is 1. The van der Waals surface area contributed by atoms with Crippen molar-refractivity contribution < 1.29 is 14.2 Å². The summed E-state index contributed by atoms with van der Waals surface area (Å²) in [6, 6.07) is 11.2. The van der Waals surface area contributed by atoms with Gasteiger partial charge in [-0.05, 0) is 39.7 Å². The zero-order chi connectivity index (χ0) is 22.8. The van der Waals surface area contributed by atoms with Crippen molar-refractivity contribution in [2.45, 2.75) is 6.54 Å². The molecule has 2 N–H and O–H groups in total. The number of para-hydroxylation sites is 1. The van der Waals surface area contributed by atoms with Gasteiger partial charge in [-0.25, -0.2) is 4.79 Å². The minimum atomic E-state index is -0.381. The molecule has 11 heteroatoms. The number of benzene rings is 2. The molecular weight excluding hydrogens is 502 g/mol. The van der Waals surface area contributed by atoms with Crippen LogP contribution in [0, 0.1) is 0 Å². The maximum atomic E-state index is 12.8. The van der Waals surface area contributed by atoms with Crippen molar-refractivity contribution in [2.75, 3.05) is 26.6 Å². The molecule has 9 nitrogen and oxygen atoms in total. The Kier molecular flexibility index (Phi) is 6.24. The zero-order valence-corrected chi connectivity index (χ0v) is 19.7. The van der Waals surface area contributed by atoms with Gasteiger partial charge in [0.05, 0.1) is 32.3 Å². The minimum absolute atomic E-state index is 0.133. The summed E-state index contributed by atoms with van der Waals surface area (Å²) in [7, 11) is 4.58. The van der Waals surface area contributed by atoms with Crippen LogP contribution in [0.5, 0.6) is 17.2 Å². The molecule has 0 radical (unpaired) electrons. The van der Waals surface area contributed by atoms with Gasteiger partial charge >= 0.3 is 5.69 Å².